The molecular weight excluding hydrogens is 452 g/mol. The monoisotopic (exact) mass is 475 g/mol. The van der Waals surface area contributed by atoms with Crippen LogP contribution < -0.4 is 0 Å². The first kappa shape index (κ1) is 22.7. The molecule has 2 aromatic heterocycles. The molecule has 0 radical (unpaired) electrons. The highest BCUT2D eigenvalue weighted by atomic mass is 19.1. The number of carbonyl (C=O) groups is 2. The van der Waals surface area contributed by atoms with E-state index in [-0.39, 0.29) is 25.3 Å². The van der Waals surface area contributed by atoms with E-state index in [0.717, 1.165) is 28.3 Å². The molecule has 8 heteroatoms. The molecule has 2 aromatic carbocycles. The molecule has 1 aliphatic heterocycles. The molecule has 3 heterocycles. The topological polar surface area (TPSA) is 75.4 Å². The van der Waals surface area contributed by atoms with Crippen LogP contribution in [0, 0.1) is 11.6 Å². The standard InChI is InChI=1S/C27H23F2N3O3/c28-20-8-7-19(23(29)14-20)15-32-24-16-31(11-9-21(24)22-2-1-10-30-27(22)32)25(33)12-17-3-5-18(6-4-17)13-26(34)35/h1-8,10,14H,9,11-13,15-16H2,(H,34,35). The number of aromatic nitrogens is 2. The summed E-state index contributed by atoms with van der Waals surface area (Å²) in [6.07, 6.45) is 2.48. The van der Waals surface area contributed by atoms with E-state index in [1.807, 2.05) is 16.7 Å². The molecule has 0 atom stereocenters. The molecule has 35 heavy (non-hydrogen) atoms. The summed E-state index contributed by atoms with van der Waals surface area (Å²) in [4.78, 5) is 30.3. The van der Waals surface area contributed by atoms with Gasteiger partial charge in [-0.05, 0) is 41.3 Å². The maximum atomic E-state index is 14.4. The summed E-state index contributed by atoms with van der Waals surface area (Å²) in [5, 5.41) is 9.90. The molecule has 0 saturated heterocycles. The van der Waals surface area contributed by atoms with Crippen LogP contribution in [-0.2, 0) is 41.9 Å². The number of benzene rings is 2. The minimum atomic E-state index is -0.900. The number of hydrogen-bond donors (Lipinski definition) is 1. The lowest BCUT2D eigenvalue weighted by atomic mass is 10.0. The number of rotatable bonds is 6. The maximum absolute atomic E-state index is 14.4. The molecule has 178 valence electrons. The van der Waals surface area contributed by atoms with Gasteiger partial charge in [-0.1, -0.05) is 30.3 Å². The Labute approximate surface area is 200 Å². The zero-order valence-corrected chi connectivity index (χ0v) is 18.9. The summed E-state index contributed by atoms with van der Waals surface area (Å²) in [6.45, 7) is 1.11. The van der Waals surface area contributed by atoms with Crippen LogP contribution in [0.3, 0.4) is 0 Å². The van der Waals surface area contributed by atoms with E-state index in [0.29, 0.717) is 36.3 Å². The first-order chi connectivity index (χ1) is 16.9. The largest absolute Gasteiger partial charge is 0.481 e. The lowest BCUT2D eigenvalue weighted by Gasteiger charge is -2.29. The Morgan fingerprint density at radius 2 is 1.74 bits per heavy atom. The predicted molar refractivity (Wildman–Crippen MR) is 126 cm³/mol. The van der Waals surface area contributed by atoms with Crippen LogP contribution in [0.1, 0.15) is 27.9 Å². The van der Waals surface area contributed by atoms with Crippen molar-refractivity contribution in [3.05, 3.63) is 100 Å². The Balaban J connectivity index is 1.40. The van der Waals surface area contributed by atoms with Crippen LogP contribution >= 0.6 is 0 Å². The molecule has 0 spiro atoms. The maximum Gasteiger partial charge on any atom is 0.307 e. The molecule has 5 rings (SSSR count). The van der Waals surface area contributed by atoms with E-state index in [1.165, 1.54) is 12.1 Å². The van der Waals surface area contributed by atoms with Crippen molar-refractivity contribution in [2.75, 3.05) is 6.54 Å². The van der Waals surface area contributed by atoms with Crippen molar-refractivity contribution in [3.8, 4) is 0 Å². The van der Waals surface area contributed by atoms with E-state index in [9.17, 15) is 18.4 Å². The molecule has 1 aliphatic rings. The molecule has 0 fully saturated rings. The second-order valence-electron chi connectivity index (χ2n) is 8.75. The summed E-state index contributed by atoms with van der Waals surface area (Å²) in [6, 6.07) is 14.4. The third-order valence-corrected chi connectivity index (χ3v) is 6.44. The van der Waals surface area contributed by atoms with Crippen molar-refractivity contribution in [2.45, 2.75) is 32.4 Å². The molecule has 0 bridgehead atoms. The van der Waals surface area contributed by atoms with Gasteiger partial charge in [-0.2, -0.15) is 0 Å². The fourth-order valence-electron chi connectivity index (χ4n) is 4.70. The van der Waals surface area contributed by atoms with Gasteiger partial charge < -0.3 is 14.6 Å². The van der Waals surface area contributed by atoms with Gasteiger partial charge in [0.15, 0.2) is 0 Å². The number of aliphatic carboxylic acids is 1. The molecule has 0 saturated carbocycles. The fourth-order valence-corrected chi connectivity index (χ4v) is 4.70. The quantitative estimate of drug-likeness (QED) is 0.455. The zero-order valence-electron chi connectivity index (χ0n) is 18.9. The molecule has 1 amide bonds. The third kappa shape index (κ3) is 4.64. The van der Waals surface area contributed by atoms with Gasteiger partial charge in [0.25, 0.3) is 0 Å². The van der Waals surface area contributed by atoms with Crippen LogP contribution in [0.4, 0.5) is 8.78 Å². The van der Waals surface area contributed by atoms with Gasteiger partial charge in [0.2, 0.25) is 5.91 Å². The highest BCUT2D eigenvalue weighted by Gasteiger charge is 2.27. The number of amides is 1. The number of nitrogens with zero attached hydrogens (tertiary/aromatic N) is 3. The van der Waals surface area contributed by atoms with Gasteiger partial charge in [-0.15, -0.1) is 0 Å². The summed E-state index contributed by atoms with van der Waals surface area (Å²) in [7, 11) is 0. The van der Waals surface area contributed by atoms with Crippen LogP contribution in [0.15, 0.2) is 60.8 Å². The Kier molecular flexibility index (Phi) is 6.03. The van der Waals surface area contributed by atoms with Gasteiger partial charge in [0, 0.05) is 35.5 Å². The fraction of sp³-hybridized carbons (Fsp3) is 0.222. The molecule has 1 N–H and O–H groups in total. The predicted octanol–water partition coefficient (Wildman–Crippen LogP) is 4.12. The van der Waals surface area contributed by atoms with Gasteiger partial charge in [-0.3, -0.25) is 9.59 Å². The summed E-state index contributed by atoms with van der Waals surface area (Å²) in [5.41, 5.74) is 4.55. The van der Waals surface area contributed by atoms with Crippen molar-refractivity contribution >= 4 is 22.9 Å². The van der Waals surface area contributed by atoms with Crippen LogP contribution in [0.5, 0.6) is 0 Å². The van der Waals surface area contributed by atoms with Crippen molar-refractivity contribution in [2.24, 2.45) is 0 Å². The third-order valence-electron chi connectivity index (χ3n) is 6.44. The second-order valence-corrected chi connectivity index (χ2v) is 8.75. The van der Waals surface area contributed by atoms with Crippen molar-refractivity contribution in [3.63, 3.8) is 0 Å². The highest BCUT2D eigenvalue weighted by Crippen LogP contribution is 2.31. The number of carboxylic acids is 1. The number of carboxylic acid groups (broad SMARTS) is 1. The van der Waals surface area contributed by atoms with Crippen molar-refractivity contribution < 1.29 is 23.5 Å². The van der Waals surface area contributed by atoms with E-state index < -0.39 is 17.6 Å². The minimum Gasteiger partial charge on any atom is -0.481 e. The summed E-state index contributed by atoms with van der Waals surface area (Å²) < 4.78 is 29.8. The minimum absolute atomic E-state index is 0.0423. The zero-order chi connectivity index (χ0) is 24.5. The van der Waals surface area contributed by atoms with Crippen molar-refractivity contribution in [1.29, 1.82) is 0 Å². The van der Waals surface area contributed by atoms with E-state index in [1.54, 1.807) is 35.4 Å². The first-order valence-electron chi connectivity index (χ1n) is 11.4. The second kappa shape index (κ2) is 9.29. The number of hydrogen-bond acceptors (Lipinski definition) is 3. The Morgan fingerprint density at radius 3 is 2.46 bits per heavy atom. The SMILES string of the molecule is O=C(O)Cc1ccc(CC(=O)N2CCc3c(n(Cc4ccc(F)cc4F)c4ncccc34)C2)cc1. The Bertz CT molecular complexity index is 1430. The van der Waals surface area contributed by atoms with E-state index in [2.05, 4.69) is 4.98 Å². The smallest absolute Gasteiger partial charge is 0.307 e. The summed E-state index contributed by atoms with van der Waals surface area (Å²) >= 11 is 0. The molecular formula is C27H23F2N3O3. The van der Waals surface area contributed by atoms with Crippen LogP contribution in [0.2, 0.25) is 0 Å². The average Bonchev–Trinajstić information content (AvgIpc) is 3.14. The number of pyridine rings is 1. The number of carbonyl (C=O) groups excluding carboxylic acids is 1. The van der Waals surface area contributed by atoms with E-state index >= 15 is 0 Å². The highest BCUT2D eigenvalue weighted by molar-refractivity contribution is 5.84. The van der Waals surface area contributed by atoms with Crippen LogP contribution in [-0.4, -0.2) is 38.0 Å². The number of fused-ring (bicyclic) bond motifs is 3. The summed E-state index contributed by atoms with van der Waals surface area (Å²) in [5.74, 6) is -2.19. The Hall–Kier alpha value is -4.07. The number of halogens is 2. The normalized spacial score (nSPS) is 13.1. The first-order valence-corrected chi connectivity index (χ1v) is 11.4. The molecule has 0 unspecified atom stereocenters. The van der Waals surface area contributed by atoms with E-state index in [4.69, 9.17) is 5.11 Å². The Morgan fingerprint density at radius 1 is 1.00 bits per heavy atom. The average molecular weight is 475 g/mol. The lowest BCUT2D eigenvalue weighted by Crippen LogP contribution is -2.37. The van der Waals surface area contributed by atoms with Gasteiger partial charge in [-0.25, -0.2) is 13.8 Å². The van der Waals surface area contributed by atoms with Gasteiger partial charge in [0.1, 0.15) is 17.3 Å². The molecule has 0 aliphatic carbocycles. The van der Waals surface area contributed by atoms with Crippen molar-refractivity contribution in [1.82, 2.24) is 14.5 Å². The lowest BCUT2D eigenvalue weighted by molar-refractivity contribution is -0.136. The van der Waals surface area contributed by atoms with Crippen LogP contribution in [0.25, 0.3) is 11.0 Å². The molecule has 4 aromatic rings. The molecule has 6 nitrogen and oxygen atoms in total. The van der Waals surface area contributed by atoms with Gasteiger partial charge >= 0.3 is 5.97 Å². The van der Waals surface area contributed by atoms with Gasteiger partial charge in [0.05, 0.1) is 25.9 Å².